The number of nitrogens with zero attached hydrogens (tertiary/aromatic N) is 2. The number of pyridine rings is 1. The van der Waals surface area contributed by atoms with E-state index >= 15 is 0 Å². The molecule has 1 heterocycles. The highest BCUT2D eigenvalue weighted by molar-refractivity contribution is 6.37. The van der Waals surface area contributed by atoms with Gasteiger partial charge in [0.05, 0.1) is 21.7 Å². The summed E-state index contributed by atoms with van der Waals surface area (Å²) in [7, 11) is 0. The van der Waals surface area contributed by atoms with E-state index in [4.69, 9.17) is 28.5 Å². The van der Waals surface area contributed by atoms with E-state index in [0.29, 0.717) is 33.8 Å². The van der Waals surface area contributed by atoms with Gasteiger partial charge in [-0.05, 0) is 30.7 Å². The Morgan fingerprint density at radius 1 is 1.10 bits per heavy atom. The molecule has 6 heteroatoms. The normalized spacial score (nSPS) is 10.0. The highest BCUT2D eigenvalue weighted by atomic mass is 35.5. The first-order valence-corrected chi connectivity index (χ1v) is 7.22. The van der Waals surface area contributed by atoms with Crippen molar-refractivity contribution >= 4 is 34.8 Å². The Morgan fingerprint density at radius 2 is 1.71 bits per heavy atom. The summed E-state index contributed by atoms with van der Waals surface area (Å²) in [6.45, 7) is 3.26. The zero-order valence-corrected chi connectivity index (χ0v) is 13.0. The topological polar surface area (TPSA) is 60.7 Å². The van der Waals surface area contributed by atoms with Gasteiger partial charge in [0, 0.05) is 13.1 Å². The summed E-state index contributed by atoms with van der Waals surface area (Å²) in [4.78, 5) is 4.37. The van der Waals surface area contributed by atoms with E-state index in [1.54, 1.807) is 18.2 Å². The van der Waals surface area contributed by atoms with E-state index in [1.807, 2.05) is 19.1 Å². The number of anilines is 2. The molecular weight excluding hydrogens is 307 g/mol. The first-order valence-electron chi connectivity index (χ1n) is 6.47. The molecule has 21 heavy (non-hydrogen) atoms. The number of nitrogens with one attached hydrogen (secondary N) is 2. The summed E-state index contributed by atoms with van der Waals surface area (Å²) in [6.07, 6.45) is 0. The predicted molar refractivity (Wildman–Crippen MR) is 86.9 cm³/mol. The summed E-state index contributed by atoms with van der Waals surface area (Å²) in [5.41, 5.74) is 1.67. The smallest absolute Gasteiger partial charge is 0.147 e. The van der Waals surface area contributed by atoms with Crippen molar-refractivity contribution < 1.29 is 0 Å². The van der Waals surface area contributed by atoms with Crippen LogP contribution in [0.2, 0.25) is 10.0 Å². The molecule has 0 bridgehead atoms. The predicted octanol–water partition coefficient (Wildman–Crippen LogP) is 4.30. The van der Waals surface area contributed by atoms with E-state index in [-0.39, 0.29) is 0 Å². The van der Waals surface area contributed by atoms with Crippen LogP contribution in [0.4, 0.5) is 11.6 Å². The van der Waals surface area contributed by atoms with Crippen molar-refractivity contribution in [3.8, 4) is 6.07 Å². The zero-order valence-electron chi connectivity index (χ0n) is 11.5. The molecule has 0 saturated carbocycles. The standard InChI is InChI=1S/C15H14Cl2N4/c1-2-19-14-12(16)7-13(17)15(21-14)20-9-11-5-3-10(8-18)4-6-11/h3-7H,2,9H2,1H3,(H2,19,20,21). The summed E-state index contributed by atoms with van der Waals surface area (Å²) in [5.74, 6) is 1.17. The van der Waals surface area contributed by atoms with Crippen molar-refractivity contribution in [1.29, 1.82) is 5.26 Å². The molecule has 2 aromatic rings. The van der Waals surface area contributed by atoms with E-state index < -0.39 is 0 Å². The van der Waals surface area contributed by atoms with Crippen LogP contribution < -0.4 is 10.6 Å². The van der Waals surface area contributed by atoms with Gasteiger partial charge in [-0.25, -0.2) is 4.98 Å². The molecule has 0 radical (unpaired) electrons. The van der Waals surface area contributed by atoms with Gasteiger partial charge in [0.15, 0.2) is 0 Å². The van der Waals surface area contributed by atoms with Gasteiger partial charge in [0.25, 0.3) is 0 Å². The monoisotopic (exact) mass is 320 g/mol. The molecule has 0 aliphatic heterocycles. The molecule has 1 aromatic carbocycles. The number of nitriles is 1. The Morgan fingerprint density at radius 3 is 2.29 bits per heavy atom. The molecule has 0 saturated heterocycles. The van der Waals surface area contributed by atoms with Gasteiger partial charge in [-0.15, -0.1) is 0 Å². The largest absolute Gasteiger partial charge is 0.369 e. The minimum Gasteiger partial charge on any atom is -0.369 e. The van der Waals surface area contributed by atoms with Crippen LogP contribution in [0.25, 0.3) is 0 Å². The second-order valence-corrected chi connectivity index (χ2v) is 5.16. The third kappa shape index (κ3) is 4.01. The lowest BCUT2D eigenvalue weighted by atomic mass is 10.1. The van der Waals surface area contributed by atoms with Gasteiger partial charge in [0.1, 0.15) is 11.6 Å². The molecular formula is C15H14Cl2N4. The first kappa shape index (κ1) is 15.4. The van der Waals surface area contributed by atoms with Crippen LogP contribution in [0, 0.1) is 11.3 Å². The number of halogens is 2. The number of hydrogen-bond donors (Lipinski definition) is 2. The van der Waals surface area contributed by atoms with E-state index in [0.717, 1.165) is 12.1 Å². The van der Waals surface area contributed by atoms with Crippen molar-refractivity contribution in [3.63, 3.8) is 0 Å². The van der Waals surface area contributed by atoms with Crippen LogP contribution >= 0.6 is 23.2 Å². The van der Waals surface area contributed by atoms with Gasteiger partial charge in [0.2, 0.25) is 0 Å². The molecule has 0 aliphatic carbocycles. The van der Waals surface area contributed by atoms with Crippen molar-refractivity contribution in [2.75, 3.05) is 17.2 Å². The number of hydrogen-bond acceptors (Lipinski definition) is 4. The summed E-state index contributed by atoms with van der Waals surface area (Å²) in [5, 5.41) is 16.0. The molecule has 2 rings (SSSR count). The molecule has 0 aliphatic rings. The van der Waals surface area contributed by atoms with Gasteiger partial charge in [-0.2, -0.15) is 5.26 Å². The maximum atomic E-state index is 8.77. The SMILES string of the molecule is CCNc1nc(NCc2ccc(C#N)cc2)c(Cl)cc1Cl. The lowest BCUT2D eigenvalue weighted by molar-refractivity contribution is 1.10. The van der Waals surface area contributed by atoms with Gasteiger partial charge >= 0.3 is 0 Å². The number of rotatable bonds is 5. The Balaban J connectivity index is 2.11. The highest BCUT2D eigenvalue weighted by Crippen LogP contribution is 2.29. The lowest BCUT2D eigenvalue weighted by Crippen LogP contribution is -2.06. The van der Waals surface area contributed by atoms with Crippen LogP contribution in [0.15, 0.2) is 30.3 Å². The van der Waals surface area contributed by atoms with Gasteiger partial charge < -0.3 is 10.6 Å². The molecule has 0 atom stereocenters. The maximum absolute atomic E-state index is 8.77. The van der Waals surface area contributed by atoms with Gasteiger partial charge in [-0.1, -0.05) is 35.3 Å². The Bertz CT molecular complexity index is 663. The first-order chi connectivity index (χ1) is 10.1. The van der Waals surface area contributed by atoms with Crippen LogP contribution in [-0.4, -0.2) is 11.5 Å². The van der Waals surface area contributed by atoms with E-state index in [9.17, 15) is 0 Å². The van der Waals surface area contributed by atoms with E-state index in [2.05, 4.69) is 21.7 Å². The third-order valence-electron chi connectivity index (χ3n) is 2.82. The number of benzene rings is 1. The second-order valence-electron chi connectivity index (χ2n) is 4.34. The quantitative estimate of drug-likeness (QED) is 0.862. The molecule has 0 amide bonds. The average molecular weight is 321 g/mol. The second kappa shape index (κ2) is 7.16. The molecule has 0 unspecified atom stereocenters. The van der Waals surface area contributed by atoms with Crippen LogP contribution in [-0.2, 0) is 6.54 Å². The van der Waals surface area contributed by atoms with Gasteiger partial charge in [-0.3, -0.25) is 0 Å². The fourth-order valence-corrected chi connectivity index (χ4v) is 2.26. The zero-order chi connectivity index (χ0) is 15.2. The Kier molecular flexibility index (Phi) is 5.26. The Labute approximate surface area is 133 Å². The van der Waals surface area contributed by atoms with E-state index in [1.165, 1.54) is 0 Å². The molecule has 4 nitrogen and oxygen atoms in total. The van der Waals surface area contributed by atoms with Crippen molar-refractivity contribution in [2.24, 2.45) is 0 Å². The summed E-state index contributed by atoms with van der Waals surface area (Å²) in [6, 6.07) is 11.1. The molecule has 2 N–H and O–H groups in total. The van der Waals surface area contributed by atoms with Crippen LogP contribution in [0.1, 0.15) is 18.1 Å². The molecule has 1 aromatic heterocycles. The van der Waals surface area contributed by atoms with Crippen molar-refractivity contribution in [3.05, 3.63) is 51.5 Å². The molecule has 0 fully saturated rings. The molecule has 108 valence electrons. The molecule has 0 spiro atoms. The lowest BCUT2D eigenvalue weighted by Gasteiger charge is -2.11. The number of aromatic nitrogens is 1. The average Bonchev–Trinajstić information content (AvgIpc) is 2.49. The third-order valence-corrected chi connectivity index (χ3v) is 3.39. The minimum atomic E-state index is 0.468. The summed E-state index contributed by atoms with van der Waals surface area (Å²) >= 11 is 12.2. The highest BCUT2D eigenvalue weighted by Gasteiger charge is 2.08. The van der Waals surface area contributed by atoms with Crippen molar-refractivity contribution in [2.45, 2.75) is 13.5 Å². The van der Waals surface area contributed by atoms with Crippen LogP contribution in [0.5, 0.6) is 0 Å². The fraction of sp³-hybridized carbons (Fsp3) is 0.200. The fourth-order valence-electron chi connectivity index (χ4n) is 1.76. The minimum absolute atomic E-state index is 0.468. The van der Waals surface area contributed by atoms with Crippen molar-refractivity contribution in [1.82, 2.24) is 4.98 Å². The Hall–Kier alpha value is -1.96. The summed E-state index contributed by atoms with van der Waals surface area (Å²) < 4.78 is 0. The van der Waals surface area contributed by atoms with Crippen LogP contribution in [0.3, 0.4) is 0 Å². The maximum Gasteiger partial charge on any atom is 0.147 e.